The molecule has 2 aliphatic heterocycles. The van der Waals surface area contributed by atoms with Gasteiger partial charge in [-0.1, -0.05) is 6.92 Å². The molecule has 3 rings (SSSR count). The third-order valence-corrected chi connectivity index (χ3v) is 5.50. The Labute approximate surface area is 138 Å². The van der Waals surface area contributed by atoms with Gasteiger partial charge in [0.1, 0.15) is 5.82 Å². The molecule has 2 saturated heterocycles. The van der Waals surface area contributed by atoms with Crippen molar-refractivity contribution in [2.75, 3.05) is 25.0 Å². The summed E-state index contributed by atoms with van der Waals surface area (Å²) < 4.78 is 1.91. The number of urea groups is 1. The lowest BCUT2D eigenvalue weighted by Crippen LogP contribution is -2.49. The summed E-state index contributed by atoms with van der Waals surface area (Å²) in [5.41, 5.74) is 1.14. The Kier molecular flexibility index (Phi) is 4.62. The van der Waals surface area contributed by atoms with E-state index in [1.54, 1.807) is 0 Å². The van der Waals surface area contributed by atoms with E-state index >= 15 is 0 Å². The summed E-state index contributed by atoms with van der Waals surface area (Å²) in [5.74, 6) is 0.779. The highest BCUT2D eigenvalue weighted by atomic mass is 16.2. The number of nitrogens with one attached hydrogen (secondary N) is 2. The van der Waals surface area contributed by atoms with Crippen LogP contribution < -0.4 is 10.6 Å². The van der Waals surface area contributed by atoms with Gasteiger partial charge in [-0.15, -0.1) is 0 Å². The van der Waals surface area contributed by atoms with Gasteiger partial charge in [0.05, 0.1) is 11.7 Å². The first kappa shape index (κ1) is 16.3. The molecule has 2 fully saturated rings. The van der Waals surface area contributed by atoms with Crippen molar-refractivity contribution < 1.29 is 4.79 Å². The molecule has 128 valence electrons. The lowest BCUT2D eigenvalue weighted by Gasteiger charge is -2.32. The van der Waals surface area contributed by atoms with E-state index in [1.807, 2.05) is 17.7 Å². The minimum Gasteiger partial charge on any atom is -0.336 e. The maximum atomic E-state index is 12.3. The number of fused-ring (bicyclic) bond motifs is 1. The molecular formula is C17H29N5O. The minimum absolute atomic E-state index is 0.123. The van der Waals surface area contributed by atoms with Gasteiger partial charge < -0.3 is 5.32 Å². The number of anilines is 1. The summed E-state index contributed by atoms with van der Waals surface area (Å²) in [6.45, 7) is 9.31. The van der Waals surface area contributed by atoms with Crippen molar-refractivity contribution in [2.45, 2.75) is 64.5 Å². The molecule has 3 heterocycles. The number of amides is 2. The number of hydrogen-bond donors (Lipinski definition) is 2. The van der Waals surface area contributed by atoms with Crippen molar-refractivity contribution in [3.05, 3.63) is 11.8 Å². The van der Waals surface area contributed by atoms with Crippen molar-refractivity contribution in [3.8, 4) is 0 Å². The number of hydrogen-bond acceptors (Lipinski definition) is 3. The first-order chi connectivity index (χ1) is 11.0. The van der Waals surface area contributed by atoms with Crippen LogP contribution in [0.2, 0.25) is 0 Å². The highest BCUT2D eigenvalue weighted by Gasteiger charge is 2.44. The van der Waals surface area contributed by atoms with E-state index < -0.39 is 0 Å². The molecule has 23 heavy (non-hydrogen) atoms. The van der Waals surface area contributed by atoms with Crippen LogP contribution in [-0.2, 0) is 0 Å². The van der Waals surface area contributed by atoms with E-state index in [9.17, 15) is 4.79 Å². The molecular weight excluding hydrogens is 290 g/mol. The van der Waals surface area contributed by atoms with Crippen molar-refractivity contribution in [1.82, 2.24) is 20.0 Å². The molecule has 1 unspecified atom stereocenters. The molecule has 2 amide bonds. The van der Waals surface area contributed by atoms with Gasteiger partial charge in [-0.05, 0) is 59.0 Å². The van der Waals surface area contributed by atoms with E-state index in [0.717, 1.165) is 24.5 Å². The molecule has 2 aliphatic rings. The van der Waals surface area contributed by atoms with E-state index in [-0.39, 0.29) is 17.6 Å². The Morgan fingerprint density at radius 3 is 2.74 bits per heavy atom. The zero-order valence-electron chi connectivity index (χ0n) is 14.6. The summed E-state index contributed by atoms with van der Waals surface area (Å²) in [7, 11) is 0. The van der Waals surface area contributed by atoms with Crippen LogP contribution in [0.3, 0.4) is 0 Å². The minimum atomic E-state index is -0.123. The van der Waals surface area contributed by atoms with Gasteiger partial charge >= 0.3 is 6.03 Å². The largest absolute Gasteiger partial charge is 0.336 e. The Morgan fingerprint density at radius 2 is 2.09 bits per heavy atom. The Balaban J connectivity index is 1.60. The first-order valence-corrected chi connectivity index (χ1v) is 8.90. The van der Waals surface area contributed by atoms with Crippen LogP contribution in [0.15, 0.2) is 6.07 Å². The van der Waals surface area contributed by atoms with Crippen LogP contribution in [0.5, 0.6) is 0 Å². The number of aryl methyl sites for hydroxylation is 1. The standard InChI is InChI=1S/C17H29N5O/c1-4-14(3)22-15(11-13(2)20-22)19-16(23)18-12-17-7-5-9-21(17)10-6-8-17/h11,14H,4-10,12H2,1-3H3,(H2,18,19,23). The lowest BCUT2D eigenvalue weighted by atomic mass is 9.94. The molecule has 0 saturated carbocycles. The molecule has 0 bridgehead atoms. The van der Waals surface area contributed by atoms with Crippen LogP contribution in [0.4, 0.5) is 10.6 Å². The van der Waals surface area contributed by atoms with Crippen molar-refractivity contribution in [3.63, 3.8) is 0 Å². The quantitative estimate of drug-likeness (QED) is 0.877. The second kappa shape index (κ2) is 6.51. The molecule has 2 N–H and O–H groups in total. The van der Waals surface area contributed by atoms with Gasteiger partial charge in [0.2, 0.25) is 0 Å². The average molecular weight is 319 g/mol. The number of rotatable bonds is 5. The second-order valence-corrected chi connectivity index (χ2v) is 7.10. The SMILES string of the molecule is CCC(C)n1nc(C)cc1NC(=O)NCC12CCCN1CCC2. The lowest BCUT2D eigenvalue weighted by molar-refractivity contribution is 0.189. The third kappa shape index (κ3) is 3.22. The molecule has 0 aromatic carbocycles. The van der Waals surface area contributed by atoms with Crippen molar-refractivity contribution in [1.29, 1.82) is 0 Å². The van der Waals surface area contributed by atoms with E-state index in [1.165, 1.54) is 38.8 Å². The van der Waals surface area contributed by atoms with Crippen LogP contribution in [0.1, 0.15) is 57.7 Å². The number of carbonyl (C=O) groups is 1. The van der Waals surface area contributed by atoms with E-state index in [2.05, 4.69) is 34.5 Å². The number of nitrogens with zero attached hydrogens (tertiary/aromatic N) is 3. The zero-order valence-corrected chi connectivity index (χ0v) is 14.6. The first-order valence-electron chi connectivity index (χ1n) is 8.90. The summed E-state index contributed by atoms with van der Waals surface area (Å²) in [4.78, 5) is 14.9. The Morgan fingerprint density at radius 1 is 1.39 bits per heavy atom. The van der Waals surface area contributed by atoms with Crippen LogP contribution in [-0.4, -0.2) is 45.9 Å². The Hall–Kier alpha value is -1.56. The average Bonchev–Trinajstić information content (AvgIpc) is 3.18. The number of carbonyl (C=O) groups excluding carboxylic acids is 1. The fraction of sp³-hybridized carbons (Fsp3) is 0.765. The fourth-order valence-corrected chi connectivity index (χ4v) is 4.04. The van der Waals surface area contributed by atoms with E-state index in [4.69, 9.17) is 0 Å². The maximum absolute atomic E-state index is 12.3. The second-order valence-electron chi connectivity index (χ2n) is 7.10. The van der Waals surface area contributed by atoms with Crippen molar-refractivity contribution >= 4 is 11.8 Å². The summed E-state index contributed by atoms with van der Waals surface area (Å²) in [6.07, 6.45) is 5.90. The summed E-state index contributed by atoms with van der Waals surface area (Å²) >= 11 is 0. The Bertz CT molecular complexity index is 557. The van der Waals surface area contributed by atoms with Gasteiger partial charge in [0.15, 0.2) is 0 Å². The predicted octanol–water partition coefficient (Wildman–Crippen LogP) is 2.91. The van der Waals surface area contributed by atoms with Crippen LogP contribution in [0, 0.1) is 6.92 Å². The number of aromatic nitrogens is 2. The summed E-state index contributed by atoms with van der Waals surface area (Å²) in [6, 6.07) is 2.09. The van der Waals surface area contributed by atoms with Gasteiger partial charge in [0.25, 0.3) is 0 Å². The van der Waals surface area contributed by atoms with Gasteiger partial charge in [-0.2, -0.15) is 5.10 Å². The van der Waals surface area contributed by atoms with Crippen molar-refractivity contribution in [2.24, 2.45) is 0 Å². The monoisotopic (exact) mass is 319 g/mol. The fourth-order valence-electron chi connectivity index (χ4n) is 4.04. The van der Waals surface area contributed by atoms with Gasteiger partial charge in [0, 0.05) is 18.2 Å². The smallest absolute Gasteiger partial charge is 0.320 e. The van der Waals surface area contributed by atoms with Gasteiger partial charge in [-0.3, -0.25) is 10.2 Å². The van der Waals surface area contributed by atoms with Gasteiger partial charge in [-0.25, -0.2) is 9.48 Å². The highest BCUT2D eigenvalue weighted by Crippen LogP contribution is 2.38. The highest BCUT2D eigenvalue weighted by molar-refractivity contribution is 5.88. The molecule has 6 nitrogen and oxygen atoms in total. The van der Waals surface area contributed by atoms with Crippen LogP contribution in [0.25, 0.3) is 0 Å². The molecule has 6 heteroatoms. The predicted molar refractivity (Wildman–Crippen MR) is 91.8 cm³/mol. The topological polar surface area (TPSA) is 62.2 Å². The molecule has 0 radical (unpaired) electrons. The zero-order chi connectivity index (χ0) is 16.4. The van der Waals surface area contributed by atoms with Crippen LogP contribution >= 0.6 is 0 Å². The summed E-state index contributed by atoms with van der Waals surface area (Å²) in [5, 5.41) is 10.6. The molecule has 1 aromatic heterocycles. The normalized spacial score (nSPS) is 21.2. The van der Waals surface area contributed by atoms with E-state index in [0.29, 0.717) is 0 Å². The maximum Gasteiger partial charge on any atom is 0.320 e. The molecule has 1 atom stereocenters. The molecule has 0 spiro atoms. The molecule has 1 aromatic rings. The third-order valence-electron chi connectivity index (χ3n) is 5.50. The molecule has 0 aliphatic carbocycles.